The zero-order valence-electron chi connectivity index (χ0n) is 19.8. The minimum Gasteiger partial charge on any atom is -0.383 e. The third-order valence-electron chi connectivity index (χ3n) is 5.73. The molecule has 1 aromatic carbocycles. The molecule has 0 saturated heterocycles. The number of unbranched alkanes of at least 4 members (excludes halogenated alkanes) is 1. The number of hydrogen-bond donors (Lipinski definition) is 2. The average Bonchev–Trinajstić information content (AvgIpc) is 3.30. The molecule has 3 N–H and O–H groups in total. The zero-order valence-corrected chi connectivity index (χ0v) is 19.8. The summed E-state index contributed by atoms with van der Waals surface area (Å²) < 4.78 is 3.28. The van der Waals surface area contributed by atoms with E-state index < -0.39 is 11.2 Å². The lowest BCUT2D eigenvalue weighted by Gasteiger charge is -2.26. The first-order chi connectivity index (χ1) is 15.7. The molecule has 176 valence electrons. The molecule has 8 nitrogen and oxygen atoms in total. The van der Waals surface area contributed by atoms with Crippen LogP contribution in [0.2, 0.25) is 0 Å². The standard InChI is InChI=1S/C25H33N5O3/c1-5-6-14-30-22(26)21(23(31)27-25(30)33)29(15-11-17(2)3)24(32)19-10-9-18(4)20(16-19)28-12-7-8-13-28/h7-10,12-13,16-17H,5-6,11,14-15,26H2,1-4H3,(H,27,31,33). The molecule has 2 aromatic heterocycles. The Labute approximate surface area is 193 Å². The van der Waals surface area contributed by atoms with Gasteiger partial charge < -0.3 is 15.2 Å². The van der Waals surface area contributed by atoms with Gasteiger partial charge in [0.2, 0.25) is 0 Å². The predicted octanol–water partition coefficient (Wildman–Crippen LogP) is 3.71. The van der Waals surface area contributed by atoms with E-state index >= 15 is 0 Å². The summed E-state index contributed by atoms with van der Waals surface area (Å²) in [6.45, 7) is 8.77. The second kappa shape index (κ2) is 10.4. The van der Waals surface area contributed by atoms with Crippen molar-refractivity contribution in [2.75, 3.05) is 17.2 Å². The summed E-state index contributed by atoms with van der Waals surface area (Å²) in [7, 11) is 0. The molecular formula is C25H33N5O3. The molecule has 1 amide bonds. The maximum absolute atomic E-state index is 13.7. The summed E-state index contributed by atoms with van der Waals surface area (Å²) in [6.07, 6.45) is 6.10. The van der Waals surface area contributed by atoms with Gasteiger partial charge in [-0.2, -0.15) is 0 Å². The molecule has 0 aliphatic rings. The quantitative estimate of drug-likeness (QED) is 0.517. The maximum atomic E-state index is 13.7. The number of hydrogen-bond acceptors (Lipinski definition) is 4. The Hall–Kier alpha value is -3.55. The minimum atomic E-state index is -0.653. The number of rotatable bonds is 9. The number of anilines is 2. The van der Waals surface area contributed by atoms with Crippen LogP contribution in [0.5, 0.6) is 0 Å². The smallest absolute Gasteiger partial charge is 0.330 e. The highest BCUT2D eigenvalue weighted by molar-refractivity contribution is 6.07. The van der Waals surface area contributed by atoms with Crippen LogP contribution in [0, 0.1) is 12.8 Å². The van der Waals surface area contributed by atoms with Crippen LogP contribution in [-0.4, -0.2) is 26.6 Å². The lowest BCUT2D eigenvalue weighted by Crippen LogP contribution is -2.42. The average molecular weight is 452 g/mol. The molecule has 8 heteroatoms. The molecule has 2 heterocycles. The monoisotopic (exact) mass is 451 g/mol. The predicted molar refractivity (Wildman–Crippen MR) is 132 cm³/mol. The van der Waals surface area contributed by atoms with E-state index in [0.29, 0.717) is 31.0 Å². The Morgan fingerprint density at radius 3 is 2.52 bits per heavy atom. The van der Waals surface area contributed by atoms with Gasteiger partial charge in [-0.15, -0.1) is 0 Å². The summed E-state index contributed by atoms with van der Waals surface area (Å²) in [6, 6.07) is 9.30. The van der Waals surface area contributed by atoms with E-state index in [1.165, 1.54) is 9.47 Å². The number of aromatic nitrogens is 3. The van der Waals surface area contributed by atoms with Crippen LogP contribution >= 0.6 is 0 Å². The van der Waals surface area contributed by atoms with Crippen LogP contribution in [0.25, 0.3) is 5.69 Å². The summed E-state index contributed by atoms with van der Waals surface area (Å²) in [5, 5.41) is 0. The number of aryl methyl sites for hydroxylation is 1. The van der Waals surface area contributed by atoms with Crippen LogP contribution in [0.1, 0.15) is 56.0 Å². The largest absolute Gasteiger partial charge is 0.383 e. The summed E-state index contributed by atoms with van der Waals surface area (Å²) >= 11 is 0. The van der Waals surface area contributed by atoms with E-state index in [1.807, 2.05) is 55.1 Å². The first kappa shape index (κ1) is 24.1. The number of aromatic amines is 1. The van der Waals surface area contributed by atoms with Crippen molar-refractivity contribution in [1.82, 2.24) is 14.1 Å². The topological polar surface area (TPSA) is 106 Å². The van der Waals surface area contributed by atoms with Crippen LogP contribution in [-0.2, 0) is 6.54 Å². The third kappa shape index (κ3) is 5.27. The van der Waals surface area contributed by atoms with Crippen LogP contribution < -0.4 is 21.9 Å². The van der Waals surface area contributed by atoms with E-state index in [-0.39, 0.29) is 17.4 Å². The third-order valence-corrected chi connectivity index (χ3v) is 5.73. The molecule has 3 rings (SSSR count). The number of carbonyl (C=O) groups is 1. The van der Waals surface area contributed by atoms with Crippen molar-refractivity contribution in [3.8, 4) is 5.69 Å². The molecule has 3 aromatic rings. The van der Waals surface area contributed by atoms with Gasteiger partial charge in [-0.1, -0.05) is 33.3 Å². The van der Waals surface area contributed by atoms with E-state index in [9.17, 15) is 14.4 Å². The molecule has 0 aliphatic heterocycles. The second-order valence-electron chi connectivity index (χ2n) is 8.73. The zero-order chi connectivity index (χ0) is 24.1. The van der Waals surface area contributed by atoms with Crippen molar-refractivity contribution in [3.05, 3.63) is 74.7 Å². The van der Waals surface area contributed by atoms with Gasteiger partial charge in [-0.3, -0.25) is 19.1 Å². The lowest BCUT2D eigenvalue weighted by atomic mass is 10.1. The lowest BCUT2D eigenvalue weighted by molar-refractivity contribution is 0.0985. The SMILES string of the molecule is CCCCn1c(N)c(N(CCC(C)C)C(=O)c2ccc(C)c(-n3cccc3)c2)c(=O)[nH]c1=O. The number of benzene rings is 1. The number of carbonyl (C=O) groups excluding carboxylic acids is 1. The van der Waals surface area contributed by atoms with E-state index in [0.717, 1.165) is 24.1 Å². The highest BCUT2D eigenvalue weighted by atomic mass is 16.2. The van der Waals surface area contributed by atoms with Gasteiger partial charge in [0.25, 0.3) is 11.5 Å². The van der Waals surface area contributed by atoms with Crippen molar-refractivity contribution in [2.24, 2.45) is 5.92 Å². The van der Waals surface area contributed by atoms with E-state index in [4.69, 9.17) is 5.73 Å². The molecule has 0 fully saturated rings. The number of nitrogens with zero attached hydrogens (tertiary/aromatic N) is 3. The Morgan fingerprint density at radius 1 is 1.18 bits per heavy atom. The molecule has 0 saturated carbocycles. The molecule has 0 radical (unpaired) electrons. The first-order valence-electron chi connectivity index (χ1n) is 11.4. The number of nitrogen functional groups attached to an aromatic ring is 1. The Morgan fingerprint density at radius 2 is 1.88 bits per heavy atom. The van der Waals surface area contributed by atoms with Gasteiger partial charge in [0, 0.05) is 36.7 Å². The van der Waals surface area contributed by atoms with Crippen LogP contribution in [0.3, 0.4) is 0 Å². The fraction of sp³-hybridized carbons (Fsp3) is 0.400. The van der Waals surface area contributed by atoms with Gasteiger partial charge >= 0.3 is 5.69 Å². The number of nitrogens with one attached hydrogen (secondary N) is 1. The Bertz CT molecular complexity index is 1220. The van der Waals surface area contributed by atoms with Gasteiger partial charge in [-0.05, 0) is 55.5 Å². The molecule has 0 atom stereocenters. The normalized spacial score (nSPS) is 11.2. The molecule has 0 unspecified atom stereocenters. The number of H-pyrrole nitrogens is 1. The van der Waals surface area contributed by atoms with Gasteiger partial charge in [0.05, 0.1) is 0 Å². The van der Waals surface area contributed by atoms with E-state index in [2.05, 4.69) is 18.8 Å². The fourth-order valence-electron chi connectivity index (χ4n) is 3.75. The number of amides is 1. The molecule has 33 heavy (non-hydrogen) atoms. The molecule has 0 spiro atoms. The van der Waals surface area contributed by atoms with Gasteiger partial charge in [-0.25, -0.2) is 4.79 Å². The minimum absolute atomic E-state index is 0.0204. The first-order valence-corrected chi connectivity index (χ1v) is 11.4. The number of nitrogens with two attached hydrogens (primary N) is 1. The van der Waals surface area contributed by atoms with E-state index in [1.54, 1.807) is 6.07 Å². The fourth-order valence-corrected chi connectivity index (χ4v) is 3.75. The van der Waals surface area contributed by atoms with Gasteiger partial charge in [0.1, 0.15) is 5.82 Å². The molecular weight excluding hydrogens is 418 g/mol. The van der Waals surface area contributed by atoms with Crippen molar-refractivity contribution in [1.29, 1.82) is 0 Å². The van der Waals surface area contributed by atoms with Crippen molar-refractivity contribution in [2.45, 2.75) is 53.5 Å². The van der Waals surface area contributed by atoms with Crippen LogP contribution in [0.4, 0.5) is 11.5 Å². The summed E-state index contributed by atoms with van der Waals surface area (Å²) in [5.41, 5.74) is 7.48. The highest BCUT2D eigenvalue weighted by Crippen LogP contribution is 2.23. The highest BCUT2D eigenvalue weighted by Gasteiger charge is 2.26. The summed E-state index contributed by atoms with van der Waals surface area (Å²) in [5.74, 6) is -0.00551. The summed E-state index contributed by atoms with van der Waals surface area (Å²) in [4.78, 5) is 42.7. The Kier molecular flexibility index (Phi) is 7.58. The van der Waals surface area contributed by atoms with Gasteiger partial charge in [0.15, 0.2) is 5.69 Å². The van der Waals surface area contributed by atoms with Crippen molar-refractivity contribution in [3.63, 3.8) is 0 Å². The van der Waals surface area contributed by atoms with Crippen molar-refractivity contribution >= 4 is 17.4 Å². The second-order valence-corrected chi connectivity index (χ2v) is 8.73. The van der Waals surface area contributed by atoms with Crippen LogP contribution in [0.15, 0.2) is 52.3 Å². The maximum Gasteiger partial charge on any atom is 0.330 e. The Balaban J connectivity index is 2.11. The van der Waals surface area contributed by atoms with Crippen molar-refractivity contribution < 1.29 is 4.79 Å². The molecule has 0 aliphatic carbocycles. The molecule has 0 bridgehead atoms.